The van der Waals surface area contributed by atoms with Gasteiger partial charge < -0.3 is 0 Å². The standard InChI is InChI=1S/C14H10ClF3O3S/c15-22(20,21)11-8-4-5-9-13(11,14(16,17)18)12(19)10-6-2-1-3-7-10/h1-9,11H. The Morgan fingerprint density at radius 3 is 2.23 bits per heavy atom. The van der Waals surface area contributed by atoms with Gasteiger partial charge in [-0.05, 0) is 0 Å². The minimum atomic E-state index is -5.13. The molecule has 1 aliphatic rings. The highest BCUT2D eigenvalue weighted by Crippen LogP contribution is 2.49. The fourth-order valence-corrected chi connectivity index (χ4v) is 3.99. The van der Waals surface area contributed by atoms with Gasteiger partial charge in [-0.25, -0.2) is 8.42 Å². The third kappa shape index (κ3) is 2.70. The van der Waals surface area contributed by atoms with Crippen molar-refractivity contribution in [1.82, 2.24) is 0 Å². The van der Waals surface area contributed by atoms with Gasteiger partial charge in [0.05, 0.1) is 0 Å². The zero-order valence-electron chi connectivity index (χ0n) is 10.9. The van der Waals surface area contributed by atoms with Crippen LogP contribution in [0.2, 0.25) is 0 Å². The Bertz CT molecular complexity index is 738. The number of carbonyl (C=O) groups excluding carboxylic acids is 1. The van der Waals surface area contributed by atoms with E-state index in [2.05, 4.69) is 0 Å². The third-order valence-electron chi connectivity index (χ3n) is 3.39. The predicted molar refractivity (Wildman–Crippen MR) is 76.1 cm³/mol. The van der Waals surface area contributed by atoms with E-state index in [-0.39, 0.29) is 5.56 Å². The van der Waals surface area contributed by atoms with E-state index < -0.39 is 31.7 Å². The number of alkyl halides is 3. The van der Waals surface area contributed by atoms with Crippen molar-refractivity contribution in [2.24, 2.45) is 5.41 Å². The smallest absolute Gasteiger partial charge is 0.293 e. The van der Waals surface area contributed by atoms with E-state index in [1.165, 1.54) is 30.3 Å². The Hall–Kier alpha value is -1.60. The van der Waals surface area contributed by atoms with E-state index in [0.29, 0.717) is 6.08 Å². The maximum Gasteiger partial charge on any atom is 0.406 e. The second-order valence-corrected chi connectivity index (χ2v) is 7.45. The number of ketones is 1. The molecule has 2 rings (SSSR count). The molecule has 0 amide bonds. The SMILES string of the molecule is O=C(c1ccccc1)C1(C(F)(F)F)C=CC=CC1S(=O)(=O)Cl. The average Bonchev–Trinajstić information content (AvgIpc) is 2.45. The summed E-state index contributed by atoms with van der Waals surface area (Å²) in [7, 11) is 0.492. The predicted octanol–water partition coefficient (Wildman–Crippen LogP) is 3.48. The Morgan fingerprint density at radius 2 is 1.73 bits per heavy atom. The van der Waals surface area contributed by atoms with Crippen LogP contribution in [0.25, 0.3) is 0 Å². The molecule has 0 N–H and O–H groups in total. The molecular weight excluding hydrogens is 341 g/mol. The lowest BCUT2D eigenvalue weighted by atomic mass is 9.74. The molecule has 1 aliphatic carbocycles. The van der Waals surface area contributed by atoms with Crippen molar-refractivity contribution in [2.75, 3.05) is 0 Å². The lowest BCUT2D eigenvalue weighted by Gasteiger charge is -2.36. The van der Waals surface area contributed by atoms with Crippen LogP contribution in [0.1, 0.15) is 10.4 Å². The Kier molecular flexibility index (Phi) is 4.23. The van der Waals surface area contributed by atoms with E-state index in [1.807, 2.05) is 0 Å². The first kappa shape index (κ1) is 16.8. The highest BCUT2D eigenvalue weighted by Gasteiger charge is 2.65. The fraction of sp³-hybridized carbons (Fsp3) is 0.214. The summed E-state index contributed by atoms with van der Waals surface area (Å²) < 4.78 is 64.3. The van der Waals surface area contributed by atoms with Crippen molar-refractivity contribution >= 4 is 25.5 Å². The number of halogens is 4. The Labute approximate surface area is 129 Å². The van der Waals surface area contributed by atoms with E-state index in [0.717, 1.165) is 18.2 Å². The van der Waals surface area contributed by atoms with Gasteiger partial charge in [-0.2, -0.15) is 13.2 Å². The molecule has 8 heteroatoms. The molecule has 2 atom stereocenters. The van der Waals surface area contributed by atoms with Crippen molar-refractivity contribution in [3.8, 4) is 0 Å². The summed E-state index contributed by atoms with van der Waals surface area (Å²) in [6, 6.07) is 6.71. The first-order valence-corrected chi connectivity index (χ1v) is 8.44. The minimum absolute atomic E-state index is 0.245. The fourth-order valence-electron chi connectivity index (χ4n) is 2.35. The highest BCUT2D eigenvalue weighted by molar-refractivity contribution is 8.14. The second-order valence-electron chi connectivity index (χ2n) is 4.70. The topological polar surface area (TPSA) is 51.2 Å². The van der Waals surface area contributed by atoms with E-state index in [4.69, 9.17) is 10.7 Å². The monoisotopic (exact) mass is 350 g/mol. The molecule has 0 saturated heterocycles. The summed E-state index contributed by atoms with van der Waals surface area (Å²) in [6.07, 6.45) is -1.70. The van der Waals surface area contributed by atoms with Crippen LogP contribution in [0.3, 0.4) is 0 Å². The molecule has 0 aromatic heterocycles. The molecule has 0 aliphatic heterocycles. The highest BCUT2D eigenvalue weighted by atomic mass is 35.7. The molecule has 118 valence electrons. The molecule has 22 heavy (non-hydrogen) atoms. The van der Waals surface area contributed by atoms with Gasteiger partial charge in [0, 0.05) is 16.2 Å². The van der Waals surface area contributed by atoms with Crippen molar-refractivity contribution in [3.05, 3.63) is 60.2 Å². The Morgan fingerprint density at radius 1 is 1.14 bits per heavy atom. The number of benzene rings is 1. The van der Waals surface area contributed by atoms with Crippen LogP contribution in [0.15, 0.2) is 54.6 Å². The molecule has 3 nitrogen and oxygen atoms in total. The van der Waals surface area contributed by atoms with Gasteiger partial charge >= 0.3 is 6.18 Å². The van der Waals surface area contributed by atoms with Crippen LogP contribution in [-0.4, -0.2) is 25.6 Å². The lowest BCUT2D eigenvalue weighted by Crippen LogP contribution is -2.54. The number of rotatable bonds is 3. The van der Waals surface area contributed by atoms with Gasteiger partial charge in [0.25, 0.3) is 0 Å². The molecule has 1 aromatic carbocycles. The number of hydrogen-bond donors (Lipinski definition) is 0. The maximum absolute atomic E-state index is 13.7. The Balaban J connectivity index is 2.71. The summed E-state index contributed by atoms with van der Waals surface area (Å²) in [5.41, 5.74) is -3.49. The summed E-state index contributed by atoms with van der Waals surface area (Å²) in [6.45, 7) is 0. The van der Waals surface area contributed by atoms with Gasteiger partial charge in [0.15, 0.2) is 11.2 Å². The largest absolute Gasteiger partial charge is 0.406 e. The summed E-state index contributed by atoms with van der Waals surface area (Å²) >= 11 is 0. The quantitative estimate of drug-likeness (QED) is 0.619. The molecule has 1 aromatic rings. The lowest BCUT2D eigenvalue weighted by molar-refractivity contribution is -0.185. The van der Waals surface area contributed by atoms with Gasteiger partial charge in [-0.3, -0.25) is 4.79 Å². The van der Waals surface area contributed by atoms with E-state index in [9.17, 15) is 26.4 Å². The summed E-state index contributed by atoms with van der Waals surface area (Å²) in [5, 5.41) is -2.22. The third-order valence-corrected chi connectivity index (χ3v) is 5.10. The number of allylic oxidation sites excluding steroid dienone is 3. The molecule has 0 bridgehead atoms. The van der Waals surface area contributed by atoms with Crippen molar-refractivity contribution in [1.29, 1.82) is 0 Å². The number of carbonyl (C=O) groups is 1. The zero-order valence-corrected chi connectivity index (χ0v) is 12.5. The molecule has 2 unspecified atom stereocenters. The first-order chi connectivity index (χ1) is 10.1. The van der Waals surface area contributed by atoms with Crippen LogP contribution in [0, 0.1) is 5.41 Å². The van der Waals surface area contributed by atoms with E-state index in [1.54, 1.807) is 0 Å². The van der Waals surface area contributed by atoms with Crippen LogP contribution < -0.4 is 0 Å². The molecule has 0 fully saturated rings. The van der Waals surface area contributed by atoms with Gasteiger partial charge in [0.2, 0.25) is 9.05 Å². The first-order valence-electron chi connectivity index (χ1n) is 6.07. The number of Topliss-reactive ketones (excluding diaryl/α,β-unsaturated/α-hetero) is 1. The number of hydrogen-bond acceptors (Lipinski definition) is 3. The molecule has 0 radical (unpaired) electrons. The molecule has 0 spiro atoms. The molecule has 0 saturated carbocycles. The van der Waals surface area contributed by atoms with Gasteiger partial charge in [0.1, 0.15) is 5.25 Å². The van der Waals surface area contributed by atoms with Crippen LogP contribution in [-0.2, 0) is 9.05 Å². The van der Waals surface area contributed by atoms with Crippen LogP contribution in [0.5, 0.6) is 0 Å². The summed E-state index contributed by atoms with van der Waals surface area (Å²) in [5.74, 6) is -1.37. The maximum atomic E-state index is 13.7. The van der Waals surface area contributed by atoms with Crippen molar-refractivity contribution in [3.63, 3.8) is 0 Å². The average molecular weight is 351 g/mol. The van der Waals surface area contributed by atoms with Crippen LogP contribution >= 0.6 is 10.7 Å². The van der Waals surface area contributed by atoms with Gasteiger partial charge in [-0.1, -0.05) is 54.6 Å². The summed E-state index contributed by atoms with van der Waals surface area (Å²) in [4.78, 5) is 12.5. The molecule has 0 heterocycles. The second kappa shape index (κ2) is 5.55. The normalized spacial score (nSPS) is 25.2. The van der Waals surface area contributed by atoms with Crippen LogP contribution in [0.4, 0.5) is 13.2 Å². The zero-order chi connectivity index (χ0) is 16.6. The van der Waals surface area contributed by atoms with E-state index >= 15 is 0 Å². The van der Waals surface area contributed by atoms with Crippen molar-refractivity contribution in [2.45, 2.75) is 11.4 Å². The van der Waals surface area contributed by atoms with Gasteiger partial charge in [-0.15, -0.1) is 0 Å². The molecular formula is C14H10ClF3O3S. The minimum Gasteiger partial charge on any atom is -0.293 e. The van der Waals surface area contributed by atoms with Crippen molar-refractivity contribution < 1.29 is 26.4 Å².